The lowest BCUT2D eigenvalue weighted by molar-refractivity contribution is -0.116. The molecule has 1 aromatic carbocycles. The maximum atomic E-state index is 13.2. The molecule has 0 atom stereocenters. The Morgan fingerprint density at radius 2 is 1.82 bits per heavy atom. The molecule has 0 saturated carbocycles. The molecule has 0 spiro atoms. The van der Waals surface area contributed by atoms with Crippen LogP contribution in [0.25, 0.3) is 11.2 Å². The highest BCUT2D eigenvalue weighted by Crippen LogP contribution is 2.31. The molecule has 182 valence electrons. The minimum absolute atomic E-state index is 0.0216. The molecule has 1 N–H and O–H groups in total. The fourth-order valence-electron chi connectivity index (χ4n) is 4.07. The summed E-state index contributed by atoms with van der Waals surface area (Å²) in [4.78, 5) is 41.5. The van der Waals surface area contributed by atoms with E-state index in [0.29, 0.717) is 13.1 Å². The number of aryl methyl sites for hydroxylation is 1. The SMILES string of the molecule is COc1ccc(NC(=O)Cn2cnc3c2c(=O)n(C)c(=O)n3C)cc1S(=O)(=O)N1CCCCC1. The number of amides is 1. The molecule has 1 aliphatic rings. The number of hydrogen-bond donors (Lipinski definition) is 1. The average molecular weight is 491 g/mol. The van der Waals surface area contributed by atoms with Crippen LogP contribution in [0.2, 0.25) is 0 Å². The number of methoxy groups -OCH3 is 1. The maximum Gasteiger partial charge on any atom is 0.332 e. The maximum absolute atomic E-state index is 13.2. The Balaban J connectivity index is 1.62. The summed E-state index contributed by atoms with van der Waals surface area (Å²) < 4.78 is 36.6. The van der Waals surface area contributed by atoms with E-state index < -0.39 is 27.2 Å². The zero-order chi connectivity index (χ0) is 24.6. The lowest BCUT2D eigenvalue weighted by Gasteiger charge is -2.26. The summed E-state index contributed by atoms with van der Waals surface area (Å²) in [6.45, 7) is 0.616. The van der Waals surface area contributed by atoms with Gasteiger partial charge in [0.2, 0.25) is 15.9 Å². The molecule has 0 unspecified atom stereocenters. The summed E-state index contributed by atoms with van der Waals surface area (Å²) in [7, 11) is 0.434. The Labute approximate surface area is 195 Å². The van der Waals surface area contributed by atoms with Crippen molar-refractivity contribution in [2.24, 2.45) is 14.1 Å². The summed E-state index contributed by atoms with van der Waals surface area (Å²) in [5, 5.41) is 2.67. The van der Waals surface area contributed by atoms with Gasteiger partial charge >= 0.3 is 5.69 Å². The number of imidazole rings is 1. The normalized spacial score (nSPS) is 14.9. The summed E-state index contributed by atoms with van der Waals surface area (Å²) in [6.07, 6.45) is 3.88. The number of piperidine rings is 1. The van der Waals surface area contributed by atoms with Crippen LogP contribution in [0.1, 0.15) is 19.3 Å². The van der Waals surface area contributed by atoms with Gasteiger partial charge in [-0.05, 0) is 31.0 Å². The number of carbonyl (C=O) groups excluding carboxylic acids is 1. The van der Waals surface area contributed by atoms with Crippen LogP contribution in [-0.2, 0) is 35.5 Å². The summed E-state index contributed by atoms with van der Waals surface area (Å²) in [5.41, 5.74) is -0.537. The third-order valence-electron chi connectivity index (χ3n) is 5.91. The van der Waals surface area contributed by atoms with Gasteiger partial charge in [0, 0.05) is 32.9 Å². The predicted molar refractivity (Wildman–Crippen MR) is 124 cm³/mol. The zero-order valence-corrected chi connectivity index (χ0v) is 20.0. The molecule has 0 bridgehead atoms. The van der Waals surface area contributed by atoms with Gasteiger partial charge in [-0.15, -0.1) is 0 Å². The molecule has 0 radical (unpaired) electrons. The van der Waals surface area contributed by atoms with Crippen molar-refractivity contribution < 1.29 is 17.9 Å². The Hall–Kier alpha value is -3.45. The Morgan fingerprint density at radius 3 is 2.50 bits per heavy atom. The minimum Gasteiger partial charge on any atom is -0.495 e. The summed E-state index contributed by atoms with van der Waals surface area (Å²) >= 11 is 0. The number of carbonyl (C=O) groups is 1. The van der Waals surface area contributed by atoms with Gasteiger partial charge in [0.1, 0.15) is 17.2 Å². The molecule has 1 saturated heterocycles. The highest BCUT2D eigenvalue weighted by atomic mass is 32.2. The van der Waals surface area contributed by atoms with E-state index in [9.17, 15) is 22.8 Å². The highest BCUT2D eigenvalue weighted by molar-refractivity contribution is 7.89. The largest absolute Gasteiger partial charge is 0.495 e. The smallest absolute Gasteiger partial charge is 0.332 e. The lowest BCUT2D eigenvalue weighted by Crippen LogP contribution is -2.37. The molecule has 34 heavy (non-hydrogen) atoms. The van der Waals surface area contributed by atoms with Crippen molar-refractivity contribution >= 4 is 32.8 Å². The van der Waals surface area contributed by atoms with Gasteiger partial charge < -0.3 is 14.6 Å². The van der Waals surface area contributed by atoms with E-state index >= 15 is 0 Å². The van der Waals surface area contributed by atoms with Crippen LogP contribution in [0.3, 0.4) is 0 Å². The quantitative estimate of drug-likeness (QED) is 0.523. The number of rotatable bonds is 6. The number of benzene rings is 1. The first-order valence-corrected chi connectivity index (χ1v) is 12.2. The molecule has 3 aromatic rings. The van der Waals surface area contributed by atoms with E-state index in [1.54, 1.807) is 6.07 Å². The predicted octanol–water partition coefficient (Wildman–Crippen LogP) is 0.256. The van der Waals surface area contributed by atoms with Crippen LogP contribution in [0, 0.1) is 0 Å². The van der Waals surface area contributed by atoms with Crippen molar-refractivity contribution in [1.82, 2.24) is 23.0 Å². The third-order valence-corrected chi connectivity index (χ3v) is 7.83. The number of ether oxygens (including phenoxy) is 1. The monoisotopic (exact) mass is 490 g/mol. The van der Waals surface area contributed by atoms with Crippen molar-refractivity contribution in [3.63, 3.8) is 0 Å². The van der Waals surface area contributed by atoms with Gasteiger partial charge in [0.05, 0.1) is 13.4 Å². The van der Waals surface area contributed by atoms with Crippen LogP contribution in [0.4, 0.5) is 5.69 Å². The fraction of sp³-hybridized carbons (Fsp3) is 0.429. The molecular weight excluding hydrogens is 464 g/mol. The number of nitrogens with zero attached hydrogens (tertiary/aromatic N) is 5. The Bertz CT molecular complexity index is 1480. The molecule has 1 aliphatic heterocycles. The van der Waals surface area contributed by atoms with Crippen molar-refractivity contribution in [2.75, 3.05) is 25.5 Å². The topological polar surface area (TPSA) is 138 Å². The van der Waals surface area contributed by atoms with Crippen molar-refractivity contribution in [3.8, 4) is 5.75 Å². The zero-order valence-electron chi connectivity index (χ0n) is 19.1. The van der Waals surface area contributed by atoms with Crippen molar-refractivity contribution in [2.45, 2.75) is 30.7 Å². The molecule has 12 nitrogen and oxygen atoms in total. The van der Waals surface area contributed by atoms with E-state index in [4.69, 9.17) is 4.74 Å². The molecular formula is C21H26N6O6S. The first-order chi connectivity index (χ1) is 16.1. The van der Waals surface area contributed by atoms with Gasteiger partial charge in [0.15, 0.2) is 11.2 Å². The molecule has 1 fully saturated rings. The Kier molecular flexibility index (Phi) is 6.32. The van der Waals surface area contributed by atoms with E-state index in [1.807, 2.05) is 0 Å². The van der Waals surface area contributed by atoms with Gasteiger partial charge in [-0.1, -0.05) is 6.42 Å². The van der Waals surface area contributed by atoms with Gasteiger partial charge in [0.25, 0.3) is 5.56 Å². The van der Waals surface area contributed by atoms with E-state index in [2.05, 4.69) is 10.3 Å². The van der Waals surface area contributed by atoms with Crippen LogP contribution in [0.15, 0.2) is 39.0 Å². The second kappa shape index (κ2) is 9.06. The first kappa shape index (κ1) is 23.7. The van der Waals surface area contributed by atoms with E-state index in [-0.39, 0.29) is 34.0 Å². The standard InChI is InChI=1S/C21H26N6O6S/c1-24-19-18(20(29)25(2)21(24)30)26(13-22-19)12-17(28)23-14-7-8-15(33-3)16(11-14)34(31,32)27-9-5-4-6-10-27/h7-8,11,13H,4-6,9-10,12H2,1-3H3,(H,23,28). The highest BCUT2D eigenvalue weighted by Gasteiger charge is 2.29. The molecule has 0 aliphatic carbocycles. The number of hydrogen-bond acceptors (Lipinski definition) is 7. The minimum atomic E-state index is -3.80. The second-order valence-electron chi connectivity index (χ2n) is 8.13. The average Bonchev–Trinajstić information content (AvgIpc) is 3.25. The molecule has 3 heterocycles. The number of nitrogens with one attached hydrogen (secondary N) is 1. The summed E-state index contributed by atoms with van der Waals surface area (Å²) in [5.74, 6) is -0.310. The van der Waals surface area contributed by atoms with Crippen molar-refractivity contribution in [1.29, 1.82) is 0 Å². The fourth-order valence-corrected chi connectivity index (χ4v) is 5.77. The second-order valence-corrected chi connectivity index (χ2v) is 10.0. The lowest BCUT2D eigenvalue weighted by atomic mass is 10.2. The Morgan fingerprint density at radius 1 is 1.12 bits per heavy atom. The number of sulfonamides is 1. The van der Waals surface area contributed by atoms with Crippen molar-refractivity contribution in [3.05, 3.63) is 45.4 Å². The van der Waals surface area contributed by atoms with E-state index in [0.717, 1.165) is 23.8 Å². The van der Waals surface area contributed by atoms with Crippen LogP contribution in [0.5, 0.6) is 5.75 Å². The molecule has 1 amide bonds. The number of anilines is 1. The third kappa shape index (κ3) is 4.12. The molecule has 4 rings (SSSR count). The number of fused-ring (bicyclic) bond motifs is 1. The first-order valence-electron chi connectivity index (χ1n) is 10.7. The van der Waals surface area contributed by atoms with E-state index in [1.165, 1.54) is 53.1 Å². The molecule has 2 aromatic heterocycles. The van der Waals surface area contributed by atoms with Gasteiger partial charge in [-0.3, -0.25) is 18.7 Å². The van der Waals surface area contributed by atoms with Gasteiger partial charge in [-0.2, -0.15) is 4.31 Å². The van der Waals surface area contributed by atoms with Crippen LogP contribution < -0.4 is 21.3 Å². The van der Waals surface area contributed by atoms with Crippen LogP contribution >= 0.6 is 0 Å². The van der Waals surface area contributed by atoms with Gasteiger partial charge in [-0.25, -0.2) is 18.2 Å². The summed E-state index contributed by atoms with van der Waals surface area (Å²) in [6, 6.07) is 4.40. The molecule has 13 heteroatoms. The number of aromatic nitrogens is 4. The van der Waals surface area contributed by atoms with Crippen LogP contribution in [-0.4, -0.2) is 57.5 Å².